The molecule has 10 nitrogen and oxygen atoms in total. The highest BCUT2D eigenvalue weighted by molar-refractivity contribution is 7.11. The molecule has 0 spiro atoms. The molecule has 2 heterocycles. The molecule has 1 fully saturated rings. The lowest BCUT2D eigenvalue weighted by Gasteiger charge is -2.34. The van der Waals surface area contributed by atoms with Crippen LogP contribution in [-0.4, -0.2) is 88.8 Å². The topological polar surface area (TPSA) is 127 Å². The third kappa shape index (κ3) is 8.63. The number of urea groups is 1. The van der Waals surface area contributed by atoms with E-state index in [0.717, 1.165) is 75.6 Å². The number of hydrogen-bond donors (Lipinski definition) is 4. The maximum Gasteiger partial charge on any atom is 0.344 e. The molecular formula is C25H36FN5O5S. The van der Waals surface area contributed by atoms with Crippen molar-refractivity contribution in [2.24, 2.45) is 0 Å². The standard InChI is InChI=1S/C25H36FN5O5S/c1-17-14-18(2)19(20(26)15-17)16-36-22-21(24(33)34)23(37-29-22)28-25(35)27-6-4-3-5-7-30-8-10-31(11-9-30)12-13-32/h14-15,32H,3-13,16H2,1-2H3,(H,33,34)(H2,27,28,35). The van der Waals surface area contributed by atoms with Gasteiger partial charge in [-0.15, -0.1) is 0 Å². The second-order valence-corrected chi connectivity index (χ2v) is 9.95. The number of carbonyl (C=O) groups excluding carboxylic acids is 1. The number of anilines is 1. The molecule has 1 saturated heterocycles. The van der Waals surface area contributed by atoms with Gasteiger partial charge in [0.25, 0.3) is 0 Å². The zero-order valence-corrected chi connectivity index (χ0v) is 22.2. The van der Waals surface area contributed by atoms with Crippen molar-refractivity contribution in [1.82, 2.24) is 19.5 Å². The number of aromatic carboxylic acids is 1. The van der Waals surface area contributed by atoms with E-state index in [9.17, 15) is 19.1 Å². The molecule has 1 aliphatic rings. The lowest BCUT2D eigenvalue weighted by molar-refractivity contribution is 0.0693. The molecule has 204 valence electrons. The van der Waals surface area contributed by atoms with Gasteiger partial charge in [-0.25, -0.2) is 14.0 Å². The van der Waals surface area contributed by atoms with Crippen LogP contribution in [0.25, 0.3) is 0 Å². The van der Waals surface area contributed by atoms with Gasteiger partial charge in [-0.05, 0) is 62.0 Å². The molecular weight excluding hydrogens is 501 g/mol. The van der Waals surface area contributed by atoms with Crippen molar-refractivity contribution in [2.45, 2.75) is 39.7 Å². The van der Waals surface area contributed by atoms with Crippen LogP contribution >= 0.6 is 11.5 Å². The minimum atomic E-state index is -1.29. The zero-order chi connectivity index (χ0) is 26.8. The Kier molecular flexibility index (Phi) is 11.1. The number of carboxylic acids is 1. The number of ether oxygens (including phenoxy) is 1. The van der Waals surface area contributed by atoms with E-state index in [0.29, 0.717) is 17.7 Å². The normalized spacial score (nSPS) is 14.5. The van der Waals surface area contributed by atoms with Gasteiger partial charge in [-0.2, -0.15) is 4.37 Å². The van der Waals surface area contributed by atoms with Crippen LogP contribution in [0.5, 0.6) is 5.88 Å². The number of piperazine rings is 1. The predicted octanol–water partition coefficient (Wildman–Crippen LogP) is 3.08. The average Bonchev–Trinajstić information content (AvgIpc) is 3.24. The number of aryl methyl sites for hydroxylation is 2. The Balaban J connectivity index is 1.40. The highest BCUT2D eigenvalue weighted by atomic mass is 32.1. The van der Waals surface area contributed by atoms with Crippen LogP contribution in [0.4, 0.5) is 14.2 Å². The van der Waals surface area contributed by atoms with Gasteiger partial charge in [-0.3, -0.25) is 10.2 Å². The third-order valence-corrected chi connectivity index (χ3v) is 7.08. The van der Waals surface area contributed by atoms with Gasteiger partial charge >= 0.3 is 12.0 Å². The average molecular weight is 538 g/mol. The van der Waals surface area contributed by atoms with E-state index in [1.165, 1.54) is 6.07 Å². The minimum absolute atomic E-state index is 0.0569. The summed E-state index contributed by atoms with van der Waals surface area (Å²) in [5.74, 6) is -1.88. The molecule has 2 amide bonds. The molecule has 0 aliphatic carbocycles. The molecule has 1 aromatic heterocycles. The molecule has 0 atom stereocenters. The lowest BCUT2D eigenvalue weighted by atomic mass is 10.1. The Labute approximate surface area is 220 Å². The number of aliphatic hydroxyl groups is 1. The molecule has 1 aromatic carbocycles. The van der Waals surface area contributed by atoms with E-state index in [4.69, 9.17) is 9.84 Å². The summed E-state index contributed by atoms with van der Waals surface area (Å²) in [6, 6.07) is 2.70. The first-order chi connectivity index (χ1) is 17.8. The van der Waals surface area contributed by atoms with Crippen LogP contribution in [0.3, 0.4) is 0 Å². The van der Waals surface area contributed by atoms with Gasteiger partial charge in [0.15, 0.2) is 5.56 Å². The molecule has 0 bridgehead atoms. The van der Waals surface area contributed by atoms with Gasteiger partial charge in [0, 0.05) is 44.8 Å². The van der Waals surface area contributed by atoms with Gasteiger partial charge in [0.1, 0.15) is 17.4 Å². The fraction of sp³-hybridized carbons (Fsp3) is 0.560. The molecule has 37 heavy (non-hydrogen) atoms. The Bertz CT molecular complexity index is 1040. The Morgan fingerprint density at radius 2 is 1.81 bits per heavy atom. The number of carboxylic acid groups (broad SMARTS) is 1. The second-order valence-electron chi connectivity index (χ2n) is 9.18. The lowest BCUT2D eigenvalue weighted by Crippen LogP contribution is -2.47. The summed E-state index contributed by atoms with van der Waals surface area (Å²) in [6.45, 7) is 9.75. The smallest absolute Gasteiger partial charge is 0.344 e. The number of rotatable bonds is 13. The Morgan fingerprint density at radius 3 is 2.46 bits per heavy atom. The van der Waals surface area contributed by atoms with Crippen LogP contribution in [-0.2, 0) is 6.61 Å². The molecule has 0 unspecified atom stereocenters. The van der Waals surface area contributed by atoms with Crippen molar-refractivity contribution in [3.05, 3.63) is 40.2 Å². The van der Waals surface area contributed by atoms with Crippen LogP contribution < -0.4 is 15.4 Å². The van der Waals surface area contributed by atoms with Crippen molar-refractivity contribution in [3.8, 4) is 5.88 Å². The second kappa shape index (κ2) is 14.2. The van der Waals surface area contributed by atoms with Crippen LogP contribution in [0, 0.1) is 19.7 Å². The van der Waals surface area contributed by atoms with Gasteiger partial charge < -0.3 is 25.2 Å². The number of nitrogens with one attached hydrogen (secondary N) is 2. The number of β-amino-alcohol motifs (C(OH)–C–C–N with tert-alkyl or cyclic N) is 1. The number of carbonyl (C=O) groups is 2. The zero-order valence-electron chi connectivity index (χ0n) is 21.4. The molecule has 0 saturated carbocycles. The van der Waals surface area contributed by atoms with Crippen molar-refractivity contribution in [2.75, 3.05) is 57.7 Å². The van der Waals surface area contributed by atoms with Crippen molar-refractivity contribution >= 4 is 28.5 Å². The monoisotopic (exact) mass is 537 g/mol. The van der Waals surface area contributed by atoms with E-state index >= 15 is 0 Å². The molecule has 12 heteroatoms. The summed E-state index contributed by atoms with van der Waals surface area (Å²) in [6.07, 6.45) is 2.80. The van der Waals surface area contributed by atoms with Crippen LogP contribution in [0.2, 0.25) is 0 Å². The summed E-state index contributed by atoms with van der Waals surface area (Å²) in [5.41, 5.74) is 1.54. The van der Waals surface area contributed by atoms with E-state index in [-0.39, 0.29) is 29.7 Å². The Hall–Kier alpha value is -2.80. The summed E-state index contributed by atoms with van der Waals surface area (Å²) in [5, 5.41) is 24.0. The third-order valence-electron chi connectivity index (χ3n) is 6.34. The van der Waals surface area contributed by atoms with Crippen LogP contribution in [0.1, 0.15) is 46.3 Å². The first-order valence-corrected chi connectivity index (χ1v) is 13.3. The first kappa shape index (κ1) is 28.8. The quantitative estimate of drug-likeness (QED) is 0.287. The number of aromatic nitrogens is 1. The fourth-order valence-electron chi connectivity index (χ4n) is 4.28. The number of benzene rings is 1. The Morgan fingerprint density at radius 1 is 1.11 bits per heavy atom. The summed E-state index contributed by atoms with van der Waals surface area (Å²) >= 11 is 0.801. The van der Waals surface area contributed by atoms with E-state index in [1.807, 2.05) is 6.07 Å². The minimum Gasteiger partial charge on any atom is -0.477 e. The predicted molar refractivity (Wildman–Crippen MR) is 140 cm³/mol. The molecule has 0 radical (unpaired) electrons. The molecule has 2 aromatic rings. The van der Waals surface area contributed by atoms with Crippen molar-refractivity contribution < 1.29 is 28.9 Å². The highest BCUT2D eigenvalue weighted by Gasteiger charge is 2.24. The summed E-state index contributed by atoms with van der Waals surface area (Å²) < 4.78 is 23.8. The molecule has 4 N–H and O–H groups in total. The fourth-order valence-corrected chi connectivity index (χ4v) is 5.00. The largest absolute Gasteiger partial charge is 0.477 e. The maximum absolute atomic E-state index is 14.3. The SMILES string of the molecule is Cc1cc(C)c(COc2nsc(NC(=O)NCCCCCN3CCN(CCO)CC3)c2C(=O)O)c(F)c1. The molecule has 1 aliphatic heterocycles. The van der Waals surface area contributed by atoms with E-state index < -0.39 is 17.8 Å². The number of unbranched alkanes of at least 4 members (excludes halogenated alkanes) is 2. The number of hydrogen-bond acceptors (Lipinski definition) is 8. The van der Waals surface area contributed by atoms with Crippen LogP contribution in [0.15, 0.2) is 12.1 Å². The number of amides is 2. The first-order valence-electron chi connectivity index (χ1n) is 12.5. The maximum atomic E-state index is 14.3. The highest BCUT2D eigenvalue weighted by Crippen LogP contribution is 2.31. The van der Waals surface area contributed by atoms with E-state index in [1.54, 1.807) is 13.8 Å². The van der Waals surface area contributed by atoms with E-state index in [2.05, 4.69) is 24.8 Å². The summed E-state index contributed by atoms with van der Waals surface area (Å²) in [7, 11) is 0. The van der Waals surface area contributed by atoms with Gasteiger partial charge in [0.05, 0.1) is 6.61 Å². The molecule has 3 rings (SSSR count). The number of nitrogens with zero attached hydrogens (tertiary/aromatic N) is 3. The van der Waals surface area contributed by atoms with Gasteiger partial charge in [-0.1, -0.05) is 12.5 Å². The number of aliphatic hydroxyl groups excluding tert-OH is 1. The van der Waals surface area contributed by atoms with Crippen molar-refractivity contribution in [3.63, 3.8) is 0 Å². The van der Waals surface area contributed by atoms with Gasteiger partial charge in [0.2, 0.25) is 5.88 Å². The number of halogens is 1. The summed E-state index contributed by atoms with van der Waals surface area (Å²) in [4.78, 5) is 28.8. The van der Waals surface area contributed by atoms with Crippen molar-refractivity contribution in [1.29, 1.82) is 0 Å².